The molecular formula is C39H48N6O5. The number of carbonyl (C=O) groups is 4. The number of H-pyrrole nitrogens is 1. The second-order valence-electron chi connectivity index (χ2n) is 13.6. The van der Waals surface area contributed by atoms with Gasteiger partial charge in [-0.2, -0.15) is 0 Å². The second kappa shape index (κ2) is 16.0. The van der Waals surface area contributed by atoms with E-state index >= 15 is 0 Å². The lowest BCUT2D eigenvalue weighted by molar-refractivity contribution is -0.138. The van der Waals surface area contributed by atoms with Gasteiger partial charge in [-0.3, -0.25) is 19.3 Å². The lowest BCUT2D eigenvalue weighted by Crippen LogP contribution is -2.49. The van der Waals surface area contributed by atoms with E-state index in [0.717, 1.165) is 47.4 Å². The first-order valence-electron chi connectivity index (χ1n) is 17.3. The standard InChI is InChI=1S/C39H48N6O5/c1-6-21-44(7-2)25-34(46)40-29-17-15-26(16-18-29)32-24-28-23-30(19-20-31(28)42-32)41-36(47)33-14-11-22-45(33)37(48)35(27-12-9-8-10-13-27)43-38(49)50-39(3,4)5/h8-10,12-13,15-20,23-24,33,35,42H,6-7,11,14,21-22,25H2,1-5H3,(H,40,46)(H,41,47)(H,43,49)/t33-,35+/m0/s1. The summed E-state index contributed by atoms with van der Waals surface area (Å²) in [6, 6.07) is 22.6. The number of likely N-dealkylation sites (N-methyl/N-ethyl adjacent to an activating group) is 1. The maximum absolute atomic E-state index is 13.9. The Morgan fingerprint density at radius 2 is 1.66 bits per heavy atom. The number of hydrogen-bond donors (Lipinski definition) is 4. The second-order valence-corrected chi connectivity index (χ2v) is 13.6. The zero-order chi connectivity index (χ0) is 35.8. The summed E-state index contributed by atoms with van der Waals surface area (Å²) in [5, 5.41) is 9.63. The Balaban J connectivity index is 1.25. The number of amides is 4. The Kier molecular flexibility index (Phi) is 11.6. The molecule has 264 valence electrons. The number of nitrogens with zero attached hydrogens (tertiary/aromatic N) is 2. The molecule has 2 atom stereocenters. The van der Waals surface area contributed by atoms with Gasteiger partial charge in [0.2, 0.25) is 11.8 Å². The van der Waals surface area contributed by atoms with Crippen LogP contribution in [0.4, 0.5) is 16.2 Å². The predicted molar refractivity (Wildman–Crippen MR) is 197 cm³/mol. The first-order valence-corrected chi connectivity index (χ1v) is 17.3. The molecule has 1 aliphatic heterocycles. The van der Waals surface area contributed by atoms with Crippen LogP contribution in [-0.4, -0.2) is 76.4 Å². The molecule has 11 heteroatoms. The molecule has 0 unspecified atom stereocenters. The molecule has 0 spiro atoms. The van der Waals surface area contributed by atoms with Gasteiger partial charge >= 0.3 is 6.09 Å². The Bertz CT molecular complexity index is 1800. The molecule has 4 aromatic rings. The smallest absolute Gasteiger partial charge is 0.408 e. The first kappa shape index (κ1) is 36.1. The quantitative estimate of drug-likeness (QED) is 0.132. The van der Waals surface area contributed by atoms with Gasteiger partial charge in [0.15, 0.2) is 0 Å². The van der Waals surface area contributed by atoms with E-state index in [1.165, 1.54) is 0 Å². The highest BCUT2D eigenvalue weighted by atomic mass is 16.6. The van der Waals surface area contributed by atoms with Crippen LogP contribution in [0.15, 0.2) is 78.9 Å². The molecule has 0 radical (unpaired) electrons. The monoisotopic (exact) mass is 680 g/mol. The minimum absolute atomic E-state index is 0.0354. The van der Waals surface area contributed by atoms with E-state index in [2.05, 4.69) is 39.7 Å². The number of benzene rings is 3. The van der Waals surface area contributed by atoms with Crippen LogP contribution in [0.5, 0.6) is 0 Å². The minimum atomic E-state index is -1.00. The Morgan fingerprint density at radius 1 is 0.940 bits per heavy atom. The third-order valence-electron chi connectivity index (χ3n) is 8.60. The van der Waals surface area contributed by atoms with Gasteiger partial charge in [0.1, 0.15) is 17.7 Å². The summed E-state index contributed by atoms with van der Waals surface area (Å²) in [6.45, 7) is 11.9. The van der Waals surface area contributed by atoms with Crippen molar-refractivity contribution in [2.24, 2.45) is 0 Å². The van der Waals surface area contributed by atoms with Crippen LogP contribution in [-0.2, 0) is 19.1 Å². The van der Waals surface area contributed by atoms with E-state index in [9.17, 15) is 19.2 Å². The molecule has 1 aromatic heterocycles. The SMILES string of the molecule is CCCN(CC)CC(=O)Nc1ccc(-c2cc3cc(NC(=O)[C@@H]4CCCN4C(=O)[C@H](NC(=O)OC(C)(C)C)c4ccccc4)ccc3[nH]2)cc1. The van der Waals surface area contributed by atoms with E-state index < -0.39 is 23.8 Å². The van der Waals surface area contributed by atoms with Gasteiger partial charge in [0.05, 0.1) is 6.54 Å². The average molecular weight is 681 g/mol. The molecular weight excluding hydrogens is 632 g/mol. The topological polar surface area (TPSA) is 136 Å². The lowest BCUT2D eigenvalue weighted by atomic mass is 10.0. The normalized spacial score (nSPS) is 15.2. The molecule has 50 heavy (non-hydrogen) atoms. The molecule has 1 fully saturated rings. The average Bonchev–Trinajstić information content (AvgIpc) is 3.74. The van der Waals surface area contributed by atoms with Crippen molar-refractivity contribution in [2.75, 3.05) is 36.8 Å². The van der Waals surface area contributed by atoms with Crippen molar-refractivity contribution in [3.8, 4) is 11.3 Å². The van der Waals surface area contributed by atoms with Gasteiger partial charge < -0.3 is 30.6 Å². The Labute approximate surface area is 293 Å². The number of anilines is 2. The van der Waals surface area contributed by atoms with Crippen molar-refractivity contribution in [3.05, 3.63) is 84.4 Å². The van der Waals surface area contributed by atoms with Gasteiger partial charge in [-0.25, -0.2) is 4.79 Å². The largest absolute Gasteiger partial charge is 0.444 e. The summed E-state index contributed by atoms with van der Waals surface area (Å²) in [5.74, 6) is -0.688. The fourth-order valence-electron chi connectivity index (χ4n) is 6.22. The highest BCUT2D eigenvalue weighted by Crippen LogP contribution is 2.29. The third kappa shape index (κ3) is 9.29. The van der Waals surface area contributed by atoms with Crippen molar-refractivity contribution in [2.45, 2.75) is 71.6 Å². The number of ether oxygens (including phenoxy) is 1. The molecule has 11 nitrogen and oxygen atoms in total. The van der Waals surface area contributed by atoms with Crippen molar-refractivity contribution >= 4 is 46.1 Å². The first-order chi connectivity index (χ1) is 23.9. The molecule has 0 aliphatic carbocycles. The van der Waals surface area contributed by atoms with Gasteiger partial charge in [-0.1, -0.05) is 56.3 Å². The van der Waals surface area contributed by atoms with Crippen LogP contribution in [0.1, 0.15) is 65.5 Å². The summed E-state index contributed by atoms with van der Waals surface area (Å²) in [5.41, 5.74) is 3.98. The van der Waals surface area contributed by atoms with Crippen LogP contribution in [0, 0.1) is 0 Å². The number of likely N-dealkylation sites (tertiary alicyclic amines) is 1. The maximum Gasteiger partial charge on any atom is 0.408 e. The molecule has 0 bridgehead atoms. The van der Waals surface area contributed by atoms with E-state index in [1.807, 2.05) is 54.6 Å². The molecule has 0 saturated carbocycles. The number of fused-ring (bicyclic) bond motifs is 1. The van der Waals surface area contributed by atoms with E-state index in [-0.39, 0.29) is 17.7 Å². The van der Waals surface area contributed by atoms with Gasteiger partial charge in [0, 0.05) is 34.5 Å². The number of aromatic nitrogens is 1. The fraction of sp³-hybridized carbons (Fsp3) is 0.385. The van der Waals surface area contributed by atoms with Crippen molar-refractivity contribution < 1.29 is 23.9 Å². The molecule has 5 rings (SSSR count). The summed E-state index contributed by atoms with van der Waals surface area (Å²) in [7, 11) is 0. The molecule has 3 aromatic carbocycles. The zero-order valence-electron chi connectivity index (χ0n) is 29.5. The number of hydrogen-bond acceptors (Lipinski definition) is 6. The molecule has 4 amide bonds. The summed E-state index contributed by atoms with van der Waals surface area (Å²) in [6.07, 6.45) is 1.47. The number of nitrogens with one attached hydrogen (secondary N) is 4. The number of aromatic amines is 1. The maximum atomic E-state index is 13.9. The summed E-state index contributed by atoms with van der Waals surface area (Å²) >= 11 is 0. The Hall–Kier alpha value is -5.16. The predicted octanol–water partition coefficient (Wildman–Crippen LogP) is 6.70. The summed E-state index contributed by atoms with van der Waals surface area (Å²) in [4.78, 5) is 59.9. The molecule has 1 saturated heterocycles. The van der Waals surface area contributed by atoms with Crippen LogP contribution in [0.3, 0.4) is 0 Å². The van der Waals surface area contributed by atoms with Gasteiger partial charge in [-0.05, 0) is 101 Å². The van der Waals surface area contributed by atoms with E-state index in [1.54, 1.807) is 49.9 Å². The fourth-order valence-corrected chi connectivity index (χ4v) is 6.22. The molecule has 4 N–H and O–H groups in total. The van der Waals surface area contributed by atoms with Gasteiger partial charge in [0.25, 0.3) is 5.91 Å². The third-order valence-corrected chi connectivity index (χ3v) is 8.60. The minimum Gasteiger partial charge on any atom is -0.444 e. The zero-order valence-corrected chi connectivity index (χ0v) is 29.5. The van der Waals surface area contributed by atoms with Crippen LogP contribution in [0.25, 0.3) is 22.2 Å². The van der Waals surface area contributed by atoms with Crippen LogP contribution < -0.4 is 16.0 Å². The van der Waals surface area contributed by atoms with E-state index in [4.69, 9.17) is 4.74 Å². The molecule has 2 heterocycles. The van der Waals surface area contributed by atoms with Crippen molar-refractivity contribution in [1.82, 2.24) is 20.1 Å². The number of rotatable bonds is 12. The van der Waals surface area contributed by atoms with Gasteiger partial charge in [-0.15, -0.1) is 0 Å². The number of carbonyl (C=O) groups excluding carboxylic acids is 4. The van der Waals surface area contributed by atoms with Crippen molar-refractivity contribution in [3.63, 3.8) is 0 Å². The number of alkyl carbamates (subject to hydrolysis) is 1. The van der Waals surface area contributed by atoms with Crippen molar-refractivity contribution in [1.29, 1.82) is 0 Å². The molecule has 1 aliphatic rings. The van der Waals surface area contributed by atoms with E-state index in [0.29, 0.717) is 37.2 Å². The highest BCUT2D eigenvalue weighted by Gasteiger charge is 2.38. The lowest BCUT2D eigenvalue weighted by Gasteiger charge is -2.29. The van der Waals surface area contributed by atoms with Crippen LogP contribution >= 0.6 is 0 Å². The van der Waals surface area contributed by atoms with Crippen LogP contribution in [0.2, 0.25) is 0 Å². The highest BCUT2D eigenvalue weighted by molar-refractivity contribution is 6.00. The Morgan fingerprint density at radius 3 is 2.34 bits per heavy atom. The summed E-state index contributed by atoms with van der Waals surface area (Å²) < 4.78 is 5.44.